The van der Waals surface area contributed by atoms with Crippen LogP contribution in [0.15, 0.2) is 0 Å². The molecule has 2 aliphatic rings. The normalized spacial score (nSPS) is 34.6. The maximum Gasteiger partial charge on any atom is 0.0608 e. The first-order valence-corrected chi connectivity index (χ1v) is 8.24. The van der Waals surface area contributed by atoms with Crippen LogP contribution in [0.2, 0.25) is 0 Å². The van der Waals surface area contributed by atoms with Crippen LogP contribution >= 0.6 is 11.8 Å². The molecule has 0 aromatic rings. The molecule has 1 heterocycles. The summed E-state index contributed by atoms with van der Waals surface area (Å²) in [6.45, 7) is 7.63. The number of rotatable bonds is 6. The third kappa shape index (κ3) is 3.87. The van der Waals surface area contributed by atoms with Gasteiger partial charge in [0.2, 0.25) is 0 Å². The fraction of sp³-hybridized carbons (Fsp3) is 1.00. The van der Waals surface area contributed by atoms with Crippen LogP contribution in [0.1, 0.15) is 46.0 Å². The summed E-state index contributed by atoms with van der Waals surface area (Å²) in [5.74, 6) is 0.980. The van der Waals surface area contributed by atoms with E-state index in [-0.39, 0.29) is 0 Å². The minimum Gasteiger partial charge on any atom is -0.379 e. The Morgan fingerprint density at radius 1 is 1.24 bits per heavy atom. The van der Waals surface area contributed by atoms with Gasteiger partial charge in [0, 0.05) is 11.3 Å². The zero-order valence-electron chi connectivity index (χ0n) is 11.3. The average Bonchev–Trinajstić information content (AvgIpc) is 2.27. The van der Waals surface area contributed by atoms with Gasteiger partial charge in [-0.15, -0.1) is 11.8 Å². The fourth-order valence-electron chi connectivity index (χ4n) is 3.07. The van der Waals surface area contributed by atoms with Gasteiger partial charge >= 0.3 is 0 Å². The van der Waals surface area contributed by atoms with Gasteiger partial charge in [0.15, 0.2) is 0 Å². The van der Waals surface area contributed by atoms with Gasteiger partial charge in [-0.3, -0.25) is 0 Å². The van der Waals surface area contributed by atoms with Crippen molar-refractivity contribution in [2.24, 2.45) is 5.92 Å². The Hall–Kier alpha value is 0.270. The van der Waals surface area contributed by atoms with E-state index >= 15 is 0 Å². The van der Waals surface area contributed by atoms with E-state index in [1.807, 2.05) is 0 Å². The van der Waals surface area contributed by atoms with Crippen molar-refractivity contribution in [3.63, 3.8) is 0 Å². The molecule has 1 aliphatic heterocycles. The van der Waals surface area contributed by atoms with E-state index in [0.29, 0.717) is 0 Å². The largest absolute Gasteiger partial charge is 0.379 e. The Labute approximate surface area is 110 Å². The maximum absolute atomic E-state index is 5.30. The summed E-state index contributed by atoms with van der Waals surface area (Å²) in [5, 5.41) is 5.30. The molecule has 3 heteroatoms. The van der Waals surface area contributed by atoms with Crippen molar-refractivity contribution in [2.75, 3.05) is 19.8 Å². The molecule has 0 amide bonds. The summed E-state index contributed by atoms with van der Waals surface area (Å²) in [5.41, 5.74) is 0. The Balaban J connectivity index is 1.84. The second kappa shape index (κ2) is 7.01. The van der Waals surface area contributed by atoms with E-state index in [0.717, 1.165) is 42.2 Å². The minimum absolute atomic E-state index is 0.749. The van der Waals surface area contributed by atoms with Crippen LogP contribution in [-0.4, -0.2) is 36.3 Å². The standard InChI is InChI=1S/C14H27NOS/c1-3-5-11-6-7-13(15-4-2)14(8-11)17-12-9-16-10-12/h11-15H,3-10H2,1-2H3. The number of nitrogens with one attached hydrogen (secondary N) is 1. The third-order valence-corrected chi connectivity index (χ3v) is 5.57. The summed E-state index contributed by atoms with van der Waals surface area (Å²) in [4.78, 5) is 0. The summed E-state index contributed by atoms with van der Waals surface area (Å²) < 4.78 is 5.30. The lowest BCUT2D eigenvalue weighted by atomic mass is 9.83. The highest BCUT2D eigenvalue weighted by Gasteiger charge is 2.33. The summed E-state index contributed by atoms with van der Waals surface area (Å²) >= 11 is 2.20. The quantitative estimate of drug-likeness (QED) is 0.790. The van der Waals surface area contributed by atoms with Crippen molar-refractivity contribution in [1.82, 2.24) is 5.32 Å². The summed E-state index contributed by atoms with van der Waals surface area (Å²) in [7, 11) is 0. The van der Waals surface area contributed by atoms with Crippen LogP contribution in [0.25, 0.3) is 0 Å². The molecule has 1 saturated heterocycles. The van der Waals surface area contributed by atoms with Gasteiger partial charge in [0.25, 0.3) is 0 Å². The number of hydrogen-bond acceptors (Lipinski definition) is 3. The summed E-state index contributed by atoms with van der Waals surface area (Å²) in [6.07, 6.45) is 7.01. The van der Waals surface area contributed by atoms with Gasteiger partial charge in [-0.05, 0) is 31.7 Å². The SMILES string of the molecule is CCCC1CCC(NCC)C(SC2COC2)C1. The van der Waals surface area contributed by atoms with Crippen LogP contribution < -0.4 is 5.32 Å². The lowest BCUT2D eigenvalue weighted by Crippen LogP contribution is -2.45. The topological polar surface area (TPSA) is 21.3 Å². The molecule has 1 N–H and O–H groups in total. The van der Waals surface area contributed by atoms with Crippen molar-refractivity contribution < 1.29 is 4.74 Å². The van der Waals surface area contributed by atoms with Gasteiger partial charge in [-0.2, -0.15) is 0 Å². The molecule has 0 aromatic heterocycles. The highest BCUT2D eigenvalue weighted by atomic mass is 32.2. The Morgan fingerprint density at radius 2 is 2.06 bits per heavy atom. The van der Waals surface area contributed by atoms with Crippen molar-refractivity contribution in [3.8, 4) is 0 Å². The molecular weight excluding hydrogens is 230 g/mol. The van der Waals surface area contributed by atoms with E-state index < -0.39 is 0 Å². The Kier molecular flexibility index (Phi) is 5.64. The van der Waals surface area contributed by atoms with Crippen molar-refractivity contribution in [3.05, 3.63) is 0 Å². The van der Waals surface area contributed by atoms with Crippen molar-refractivity contribution in [1.29, 1.82) is 0 Å². The molecule has 2 fully saturated rings. The molecular formula is C14H27NOS. The van der Waals surface area contributed by atoms with Gasteiger partial charge in [0.05, 0.1) is 18.5 Å². The highest BCUT2D eigenvalue weighted by Crippen LogP contribution is 2.38. The van der Waals surface area contributed by atoms with E-state index in [4.69, 9.17) is 4.74 Å². The Morgan fingerprint density at radius 3 is 2.65 bits per heavy atom. The molecule has 0 spiro atoms. The molecule has 2 rings (SSSR count). The third-order valence-electron chi connectivity index (χ3n) is 4.04. The monoisotopic (exact) mass is 257 g/mol. The molecule has 0 bridgehead atoms. The van der Waals surface area contributed by atoms with Crippen LogP contribution in [-0.2, 0) is 4.74 Å². The fourth-order valence-corrected chi connectivity index (χ4v) is 4.72. The average molecular weight is 257 g/mol. The first-order valence-electron chi connectivity index (χ1n) is 7.30. The lowest BCUT2D eigenvalue weighted by molar-refractivity contribution is 0.0450. The van der Waals surface area contributed by atoms with Crippen molar-refractivity contribution >= 4 is 11.8 Å². The van der Waals surface area contributed by atoms with E-state index in [2.05, 4.69) is 30.9 Å². The second-order valence-electron chi connectivity index (χ2n) is 5.47. The lowest BCUT2D eigenvalue weighted by Gasteiger charge is -2.39. The zero-order chi connectivity index (χ0) is 12.1. The second-order valence-corrected chi connectivity index (χ2v) is 7.01. The molecule has 1 saturated carbocycles. The molecule has 3 atom stereocenters. The molecule has 2 nitrogen and oxygen atoms in total. The molecule has 1 aliphatic carbocycles. The first kappa shape index (κ1) is 13.7. The number of ether oxygens (including phenoxy) is 1. The summed E-state index contributed by atoms with van der Waals surface area (Å²) in [6, 6.07) is 0.749. The predicted molar refractivity (Wildman–Crippen MR) is 75.7 cm³/mol. The van der Waals surface area contributed by atoms with Crippen LogP contribution in [0.3, 0.4) is 0 Å². The van der Waals surface area contributed by atoms with Gasteiger partial charge in [0.1, 0.15) is 0 Å². The smallest absolute Gasteiger partial charge is 0.0608 e. The van der Waals surface area contributed by atoms with Gasteiger partial charge in [-0.1, -0.05) is 26.7 Å². The highest BCUT2D eigenvalue weighted by molar-refractivity contribution is 8.00. The van der Waals surface area contributed by atoms with Gasteiger partial charge < -0.3 is 10.1 Å². The van der Waals surface area contributed by atoms with E-state index in [1.165, 1.54) is 32.1 Å². The minimum atomic E-state index is 0.749. The van der Waals surface area contributed by atoms with Gasteiger partial charge in [-0.25, -0.2) is 0 Å². The van der Waals surface area contributed by atoms with Crippen molar-refractivity contribution in [2.45, 2.75) is 62.5 Å². The van der Waals surface area contributed by atoms with Crippen LogP contribution in [0.5, 0.6) is 0 Å². The molecule has 3 unspecified atom stereocenters. The number of hydrogen-bond donors (Lipinski definition) is 1. The predicted octanol–water partition coefficient (Wildman–Crippen LogP) is 3.07. The van der Waals surface area contributed by atoms with E-state index in [1.54, 1.807) is 0 Å². The first-order chi connectivity index (χ1) is 8.33. The maximum atomic E-state index is 5.30. The number of thioether (sulfide) groups is 1. The molecule has 17 heavy (non-hydrogen) atoms. The zero-order valence-corrected chi connectivity index (χ0v) is 12.1. The van der Waals surface area contributed by atoms with Crippen LogP contribution in [0.4, 0.5) is 0 Å². The van der Waals surface area contributed by atoms with Crippen LogP contribution in [0, 0.1) is 5.92 Å². The molecule has 0 radical (unpaired) electrons. The van der Waals surface area contributed by atoms with E-state index in [9.17, 15) is 0 Å². The Bertz CT molecular complexity index is 220. The molecule has 0 aromatic carbocycles. The molecule has 100 valence electrons.